The first-order chi connectivity index (χ1) is 22.9. The zero-order valence-electron chi connectivity index (χ0n) is 25.3. The monoisotopic (exact) mass is 697 g/mol. The number of carbonyl (C=O) groups is 4. The molecule has 6 rings (SSSR count). The van der Waals surface area contributed by atoms with E-state index in [9.17, 15) is 37.1 Å². The molecule has 0 aliphatic carbocycles. The van der Waals surface area contributed by atoms with Crippen LogP contribution in [0.15, 0.2) is 82.6 Å². The highest BCUT2D eigenvalue weighted by molar-refractivity contribution is 8.00. The number of rotatable bonds is 8. The third kappa shape index (κ3) is 5.99. The highest BCUT2D eigenvalue weighted by Gasteiger charge is 2.57. The van der Waals surface area contributed by atoms with Crippen molar-refractivity contribution in [2.45, 2.75) is 35.8 Å². The first-order valence-electron chi connectivity index (χ1n) is 14.6. The molecule has 1 aromatic heterocycles. The number of esters is 1. The third-order valence-corrected chi connectivity index (χ3v) is 10.5. The number of thiazole rings is 1. The molecule has 1 saturated heterocycles. The Morgan fingerprint density at radius 1 is 0.958 bits per heavy atom. The maximum Gasteiger partial charge on any atom is 0.416 e. The average Bonchev–Trinajstić information content (AvgIpc) is 3.50. The molecule has 3 amide bonds. The molecule has 0 saturated carbocycles. The number of imide groups is 1. The van der Waals surface area contributed by atoms with Crippen molar-refractivity contribution in [2.24, 2.45) is 5.92 Å². The van der Waals surface area contributed by atoms with Crippen molar-refractivity contribution in [3.8, 4) is 5.75 Å². The van der Waals surface area contributed by atoms with Gasteiger partial charge in [-0.05, 0) is 55.5 Å². The summed E-state index contributed by atoms with van der Waals surface area (Å²) in [6.45, 7) is 1.45. The Bertz CT molecular complexity index is 1990. The van der Waals surface area contributed by atoms with E-state index < -0.39 is 63.9 Å². The molecule has 1 fully saturated rings. The van der Waals surface area contributed by atoms with E-state index in [1.807, 2.05) is 0 Å². The molecule has 10 nitrogen and oxygen atoms in total. The zero-order valence-corrected chi connectivity index (χ0v) is 26.9. The van der Waals surface area contributed by atoms with Crippen LogP contribution in [0.1, 0.15) is 39.2 Å². The number of nitrogens with zero attached hydrogens (tertiary/aromatic N) is 2. The van der Waals surface area contributed by atoms with Crippen LogP contribution in [-0.2, 0) is 31.8 Å². The molecule has 0 spiro atoms. The first kappa shape index (κ1) is 33.0. The molecule has 3 heterocycles. The van der Waals surface area contributed by atoms with Crippen LogP contribution in [0.2, 0.25) is 0 Å². The fourth-order valence-corrected chi connectivity index (χ4v) is 8.60. The van der Waals surface area contributed by atoms with Crippen LogP contribution in [0.4, 0.5) is 24.5 Å². The van der Waals surface area contributed by atoms with Gasteiger partial charge < -0.3 is 14.8 Å². The molecule has 2 unspecified atom stereocenters. The molecule has 1 N–H and O–H groups in total. The number of halogens is 3. The van der Waals surface area contributed by atoms with Gasteiger partial charge in [0.15, 0.2) is 0 Å². The Labute approximate surface area is 279 Å². The van der Waals surface area contributed by atoms with Gasteiger partial charge in [0.25, 0.3) is 0 Å². The number of aromatic nitrogens is 1. The summed E-state index contributed by atoms with van der Waals surface area (Å²) in [5.41, 5.74) is -0.0795. The van der Waals surface area contributed by atoms with E-state index in [0.29, 0.717) is 32.5 Å². The number of alkyl halides is 3. The fraction of sp³-hybridized carbons (Fsp3) is 0.242. The molecule has 2 aliphatic heterocycles. The predicted molar refractivity (Wildman–Crippen MR) is 172 cm³/mol. The Morgan fingerprint density at radius 3 is 2.38 bits per heavy atom. The van der Waals surface area contributed by atoms with Crippen molar-refractivity contribution in [3.63, 3.8) is 0 Å². The molecule has 0 radical (unpaired) electrons. The number of amides is 3. The molecular formula is C33H26F3N3O7S2. The topological polar surface area (TPSA) is 124 Å². The summed E-state index contributed by atoms with van der Waals surface area (Å²) < 4.78 is 52.5. The van der Waals surface area contributed by atoms with Gasteiger partial charge >= 0.3 is 17.0 Å². The number of hydrogen-bond donors (Lipinski definition) is 1. The summed E-state index contributed by atoms with van der Waals surface area (Å²) >= 11 is 1.75. The maximum absolute atomic E-state index is 14.1. The highest BCUT2D eigenvalue weighted by Crippen LogP contribution is 2.55. The van der Waals surface area contributed by atoms with E-state index >= 15 is 0 Å². The smallest absolute Gasteiger partial charge is 0.416 e. The molecule has 15 heteroatoms. The summed E-state index contributed by atoms with van der Waals surface area (Å²) in [6, 6.07) is 16.8. The zero-order chi connectivity index (χ0) is 34.3. The molecule has 0 bridgehead atoms. The van der Waals surface area contributed by atoms with Crippen LogP contribution >= 0.6 is 23.1 Å². The van der Waals surface area contributed by atoms with Crippen LogP contribution in [0.5, 0.6) is 5.75 Å². The van der Waals surface area contributed by atoms with Gasteiger partial charge in [0.1, 0.15) is 17.5 Å². The quantitative estimate of drug-likeness (QED) is 0.188. The number of methoxy groups -OCH3 is 1. The molecule has 2 aliphatic rings. The van der Waals surface area contributed by atoms with E-state index in [0.717, 1.165) is 46.2 Å². The van der Waals surface area contributed by atoms with Gasteiger partial charge in [-0.2, -0.15) is 13.2 Å². The lowest BCUT2D eigenvalue weighted by molar-refractivity contribution is -0.137. The molecular weight excluding hydrogens is 672 g/mol. The number of para-hydroxylation sites is 1. The van der Waals surface area contributed by atoms with Crippen molar-refractivity contribution in [1.82, 2.24) is 4.57 Å². The summed E-state index contributed by atoms with van der Waals surface area (Å²) in [5, 5.41) is 1.86. The van der Waals surface area contributed by atoms with Crippen LogP contribution in [-0.4, -0.2) is 47.2 Å². The second-order valence-corrected chi connectivity index (χ2v) is 12.9. The van der Waals surface area contributed by atoms with Gasteiger partial charge in [-0.1, -0.05) is 47.4 Å². The summed E-state index contributed by atoms with van der Waals surface area (Å²) in [5.74, 6) is -4.12. The van der Waals surface area contributed by atoms with Crippen molar-refractivity contribution in [2.75, 3.05) is 23.9 Å². The minimum Gasteiger partial charge on any atom is -0.496 e. The summed E-state index contributed by atoms with van der Waals surface area (Å²) in [7, 11) is 1.43. The van der Waals surface area contributed by atoms with Crippen LogP contribution < -0.4 is 19.8 Å². The SMILES string of the molecule is CCOC(=O)c1ccc(NC(=O)Cn2c3c(sc2=O)[C@H](c2ccccc2OC)C2C(=O)N(c4cccc(C(F)(F)F)c4)C(=O)C2S3)cc1. The minimum atomic E-state index is -4.70. The first-order valence-corrected chi connectivity index (χ1v) is 16.3. The van der Waals surface area contributed by atoms with E-state index in [2.05, 4.69) is 5.32 Å². The number of thioether (sulfide) groups is 1. The average molecular weight is 698 g/mol. The van der Waals surface area contributed by atoms with E-state index in [1.165, 1.54) is 42.0 Å². The molecule has 3 atom stereocenters. The van der Waals surface area contributed by atoms with E-state index in [-0.39, 0.29) is 12.3 Å². The fourth-order valence-electron chi connectivity index (χ4n) is 5.84. The van der Waals surface area contributed by atoms with Gasteiger partial charge in [-0.15, -0.1) is 0 Å². The Kier molecular flexibility index (Phi) is 8.92. The van der Waals surface area contributed by atoms with Crippen LogP contribution in [0.25, 0.3) is 0 Å². The number of nitrogens with one attached hydrogen (secondary N) is 1. The van der Waals surface area contributed by atoms with Crippen LogP contribution in [0, 0.1) is 5.92 Å². The molecule has 48 heavy (non-hydrogen) atoms. The summed E-state index contributed by atoms with van der Waals surface area (Å²) in [4.78, 5) is 67.3. The maximum atomic E-state index is 14.1. The van der Waals surface area contributed by atoms with Crippen LogP contribution in [0.3, 0.4) is 0 Å². The largest absolute Gasteiger partial charge is 0.496 e. The number of benzene rings is 3. The molecule has 248 valence electrons. The van der Waals surface area contributed by atoms with Gasteiger partial charge in [0, 0.05) is 22.0 Å². The Hall–Kier alpha value is -4.89. The van der Waals surface area contributed by atoms with Gasteiger partial charge in [-0.25, -0.2) is 9.69 Å². The van der Waals surface area contributed by atoms with E-state index in [4.69, 9.17) is 9.47 Å². The van der Waals surface area contributed by atoms with Crippen molar-refractivity contribution in [1.29, 1.82) is 0 Å². The number of hydrogen-bond acceptors (Lipinski definition) is 9. The Morgan fingerprint density at radius 2 is 1.69 bits per heavy atom. The van der Waals surface area contributed by atoms with Gasteiger partial charge in [0.2, 0.25) is 17.7 Å². The Balaban J connectivity index is 1.37. The minimum absolute atomic E-state index is 0.206. The van der Waals surface area contributed by atoms with Crippen molar-refractivity contribution >= 4 is 58.2 Å². The second-order valence-electron chi connectivity index (χ2n) is 10.8. The lowest BCUT2D eigenvalue weighted by atomic mass is 9.82. The molecule has 3 aromatic carbocycles. The van der Waals surface area contributed by atoms with Gasteiger partial charge in [0.05, 0.1) is 41.5 Å². The number of ether oxygens (including phenoxy) is 2. The van der Waals surface area contributed by atoms with Crippen molar-refractivity contribution < 1.29 is 41.8 Å². The molecule has 4 aromatic rings. The number of anilines is 2. The van der Waals surface area contributed by atoms with E-state index in [1.54, 1.807) is 31.2 Å². The standard InChI is InChI=1S/C33H26F3N3O7S2/c1-3-46-31(43)17-11-13-19(14-12-17)37-23(40)16-38-30-27(48-32(38)44)24(21-9-4-5-10-22(21)45-2)25-26(47-30)29(42)39(28(25)41)20-8-6-7-18(15-20)33(34,35)36/h4-15,24-26H,3,16H2,1-2H3,(H,37,40)/t24-,25?,26?/m1/s1. The highest BCUT2D eigenvalue weighted by atomic mass is 32.2. The number of carbonyl (C=O) groups excluding carboxylic acids is 4. The lowest BCUT2D eigenvalue weighted by Gasteiger charge is -2.31. The van der Waals surface area contributed by atoms with Crippen molar-refractivity contribution in [3.05, 3.63) is 104 Å². The lowest BCUT2D eigenvalue weighted by Crippen LogP contribution is -2.33. The third-order valence-electron chi connectivity index (χ3n) is 7.94. The normalized spacial score (nSPS) is 18.7. The predicted octanol–water partition coefficient (Wildman–Crippen LogP) is 5.55. The van der Waals surface area contributed by atoms with Gasteiger partial charge in [-0.3, -0.25) is 23.7 Å². The second kappa shape index (κ2) is 13.0. The summed E-state index contributed by atoms with van der Waals surface area (Å²) in [6.07, 6.45) is -4.70. The number of fused-ring (bicyclic) bond motifs is 2.